The second-order valence-corrected chi connectivity index (χ2v) is 13.2. The van der Waals surface area contributed by atoms with Gasteiger partial charge in [0.15, 0.2) is 0 Å². The number of nitrogens with one attached hydrogen (secondary N) is 1. The Labute approximate surface area is 344 Å². The van der Waals surface area contributed by atoms with E-state index in [0.29, 0.717) is 144 Å². The Balaban J connectivity index is 1.66. The third-order valence-electron chi connectivity index (χ3n) is 8.30. The van der Waals surface area contributed by atoms with Gasteiger partial charge in [-0.15, -0.1) is 0 Å². The smallest absolute Gasteiger partial charge is 0.338 e. The lowest BCUT2D eigenvalue weighted by Crippen LogP contribution is -2.15. The van der Waals surface area contributed by atoms with Crippen molar-refractivity contribution in [3.05, 3.63) is 29.8 Å². The van der Waals surface area contributed by atoms with Crippen LogP contribution in [0.15, 0.2) is 24.3 Å². The zero-order valence-corrected chi connectivity index (χ0v) is 35.7. The van der Waals surface area contributed by atoms with E-state index in [1.807, 2.05) is 12.1 Å². The second kappa shape index (κ2) is 45.1. The molecule has 1 N–H and O–H groups in total. The maximum absolute atomic E-state index is 12.1. The fraction of sp³-hybridized carbons (Fsp3) is 0.837. The maximum atomic E-state index is 12.1. The van der Waals surface area contributed by atoms with Crippen molar-refractivity contribution in [3.8, 4) is 0 Å². The molecule has 0 unspecified atom stereocenters. The van der Waals surface area contributed by atoms with Crippen molar-refractivity contribution in [2.75, 3.05) is 164 Å². The molecule has 0 saturated carbocycles. The van der Waals surface area contributed by atoms with Crippen LogP contribution in [0.1, 0.15) is 88.4 Å². The van der Waals surface area contributed by atoms with Crippen LogP contribution in [-0.2, 0) is 56.8 Å². The summed E-state index contributed by atoms with van der Waals surface area (Å²) in [5.41, 5.74) is 1.52. The molecular formula is C43H79NO13. The summed E-state index contributed by atoms with van der Waals surface area (Å²) in [5, 5.41) is 3.32. The third kappa shape index (κ3) is 39.3. The van der Waals surface area contributed by atoms with Gasteiger partial charge >= 0.3 is 5.97 Å². The summed E-state index contributed by atoms with van der Waals surface area (Å²) in [6.45, 7) is 16.9. The van der Waals surface area contributed by atoms with Crippen molar-refractivity contribution in [3.63, 3.8) is 0 Å². The first-order chi connectivity index (χ1) is 28.3. The van der Waals surface area contributed by atoms with Gasteiger partial charge < -0.3 is 62.2 Å². The number of unbranched alkanes of at least 4 members (excludes halogenated alkanes) is 8. The van der Waals surface area contributed by atoms with Crippen LogP contribution in [-0.4, -0.2) is 164 Å². The fourth-order valence-corrected chi connectivity index (χ4v) is 5.05. The van der Waals surface area contributed by atoms with Gasteiger partial charge in [-0.05, 0) is 37.1 Å². The number of ether oxygens (including phenoxy) is 12. The van der Waals surface area contributed by atoms with Gasteiger partial charge in [0.05, 0.1) is 144 Å². The standard InChI is InChI=1S/C43H79NO13/c1-3-5-7-8-9-10-11-12-18-46-19-20-47-21-22-48-23-24-49-25-26-50-27-28-51-29-30-52-31-32-53-33-34-54-35-36-55-37-38-56-39-40-57-43(45)41-13-15-42(16-14-41)44-17-6-4-2/h13-16,44H,3-12,17-40H2,1-2H3. The monoisotopic (exact) mass is 818 g/mol. The minimum Gasteiger partial charge on any atom is -0.460 e. The Morgan fingerprint density at radius 1 is 0.368 bits per heavy atom. The van der Waals surface area contributed by atoms with Gasteiger partial charge in [-0.2, -0.15) is 0 Å². The maximum Gasteiger partial charge on any atom is 0.338 e. The van der Waals surface area contributed by atoms with Gasteiger partial charge in [0.1, 0.15) is 6.61 Å². The molecule has 0 aliphatic rings. The summed E-state index contributed by atoms with van der Waals surface area (Å²) < 4.78 is 66.0. The number of anilines is 1. The highest BCUT2D eigenvalue weighted by atomic mass is 16.6. The van der Waals surface area contributed by atoms with E-state index in [0.717, 1.165) is 38.1 Å². The summed E-state index contributed by atoms with van der Waals surface area (Å²) in [6, 6.07) is 7.30. The highest BCUT2D eigenvalue weighted by Crippen LogP contribution is 2.11. The molecule has 0 radical (unpaired) electrons. The third-order valence-corrected chi connectivity index (χ3v) is 8.30. The summed E-state index contributed by atoms with van der Waals surface area (Å²) in [4.78, 5) is 12.1. The molecule has 0 bridgehead atoms. The first-order valence-electron chi connectivity index (χ1n) is 21.6. The molecule has 0 aliphatic heterocycles. The molecule has 0 fully saturated rings. The van der Waals surface area contributed by atoms with Crippen LogP contribution in [0, 0.1) is 0 Å². The molecule has 57 heavy (non-hydrogen) atoms. The molecule has 1 aromatic carbocycles. The Morgan fingerprint density at radius 3 is 1.02 bits per heavy atom. The number of esters is 1. The van der Waals surface area contributed by atoms with Crippen molar-refractivity contribution >= 4 is 11.7 Å². The van der Waals surface area contributed by atoms with Crippen molar-refractivity contribution in [2.24, 2.45) is 0 Å². The highest BCUT2D eigenvalue weighted by Gasteiger charge is 2.07. The second-order valence-electron chi connectivity index (χ2n) is 13.2. The summed E-state index contributed by atoms with van der Waals surface area (Å²) >= 11 is 0. The molecule has 334 valence electrons. The molecule has 1 rings (SSSR count). The Hall–Kier alpha value is -1.95. The van der Waals surface area contributed by atoms with Crippen LogP contribution in [0.5, 0.6) is 0 Å². The SMILES string of the molecule is CCCCCCCCCCOCCOCCOCCOCCOCCOCCOCCOCCOCCOCCOCCOC(=O)c1ccc(NCCCC)cc1. The van der Waals surface area contributed by atoms with E-state index in [1.165, 1.54) is 44.9 Å². The lowest BCUT2D eigenvalue weighted by molar-refractivity contribution is -0.0280. The summed E-state index contributed by atoms with van der Waals surface area (Å²) in [6.07, 6.45) is 12.7. The van der Waals surface area contributed by atoms with Crippen LogP contribution < -0.4 is 5.32 Å². The summed E-state index contributed by atoms with van der Waals surface area (Å²) in [5.74, 6) is -0.360. The lowest BCUT2D eigenvalue weighted by Gasteiger charge is -2.09. The van der Waals surface area contributed by atoms with Crippen LogP contribution in [0.25, 0.3) is 0 Å². The van der Waals surface area contributed by atoms with E-state index >= 15 is 0 Å². The normalized spacial score (nSPS) is 11.4. The van der Waals surface area contributed by atoms with Crippen molar-refractivity contribution < 1.29 is 61.6 Å². The zero-order chi connectivity index (χ0) is 40.8. The first-order valence-corrected chi connectivity index (χ1v) is 21.6. The van der Waals surface area contributed by atoms with E-state index < -0.39 is 0 Å². The average Bonchev–Trinajstić information content (AvgIpc) is 3.23. The molecule has 0 atom stereocenters. The topological polar surface area (TPSA) is 140 Å². The van der Waals surface area contributed by atoms with Crippen LogP contribution in [0.3, 0.4) is 0 Å². The van der Waals surface area contributed by atoms with Crippen LogP contribution >= 0.6 is 0 Å². The number of hydrogen-bond acceptors (Lipinski definition) is 14. The summed E-state index contributed by atoms with van der Waals surface area (Å²) in [7, 11) is 0. The van der Waals surface area contributed by atoms with Gasteiger partial charge in [0, 0.05) is 18.8 Å². The largest absolute Gasteiger partial charge is 0.460 e. The van der Waals surface area contributed by atoms with Gasteiger partial charge in [0.2, 0.25) is 0 Å². The lowest BCUT2D eigenvalue weighted by atomic mass is 10.1. The van der Waals surface area contributed by atoms with Gasteiger partial charge in [-0.1, -0.05) is 65.2 Å². The number of hydrogen-bond donors (Lipinski definition) is 1. The van der Waals surface area contributed by atoms with Crippen molar-refractivity contribution in [1.29, 1.82) is 0 Å². The molecule has 0 saturated heterocycles. The molecule has 0 aliphatic carbocycles. The minimum absolute atomic E-state index is 0.191. The minimum atomic E-state index is -0.360. The predicted octanol–water partition coefficient (Wildman–Crippen LogP) is 6.38. The highest BCUT2D eigenvalue weighted by molar-refractivity contribution is 5.89. The number of carbonyl (C=O) groups excluding carboxylic acids is 1. The van der Waals surface area contributed by atoms with Gasteiger partial charge in [0.25, 0.3) is 0 Å². The van der Waals surface area contributed by atoms with Crippen molar-refractivity contribution in [2.45, 2.75) is 78.1 Å². The molecule has 0 amide bonds. The Bertz CT molecular complexity index is 944. The molecule has 0 aromatic heterocycles. The Kier molecular flexibility index (Phi) is 42.0. The molecule has 14 heteroatoms. The number of benzene rings is 1. The number of carbonyl (C=O) groups is 1. The van der Waals surface area contributed by atoms with E-state index in [-0.39, 0.29) is 12.6 Å². The average molecular weight is 818 g/mol. The van der Waals surface area contributed by atoms with E-state index in [9.17, 15) is 4.79 Å². The predicted molar refractivity (Wildman–Crippen MR) is 222 cm³/mol. The molecule has 0 heterocycles. The quantitative estimate of drug-likeness (QED) is 0.0575. The van der Waals surface area contributed by atoms with E-state index in [1.54, 1.807) is 12.1 Å². The number of rotatable bonds is 47. The van der Waals surface area contributed by atoms with Gasteiger partial charge in [-0.3, -0.25) is 0 Å². The molecule has 14 nitrogen and oxygen atoms in total. The van der Waals surface area contributed by atoms with Gasteiger partial charge in [-0.25, -0.2) is 4.79 Å². The molecule has 0 spiro atoms. The van der Waals surface area contributed by atoms with Crippen LogP contribution in [0.4, 0.5) is 5.69 Å². The fourth-order valence-electron chi connectivity index (χ4n) is 5.05. The Morgan fingerprint density at radius 2 is 0.667 bits per heavy atom. The van der Waals surface area contributed by atoms with E-state index in [4.69, 9.17) is 56.8 Å². The van der Waals surface area contributed by atoms with E-state index in [2.05, 4.69) is 19.2 Å². The van der Waals surface area contributed by atoms with Crippen molar-refractivity contribution in [1.82, 2.24) is 0 Å². The molecular weight excluding hydrogens is 738 g/mol. The zero-order valence-electron chi connectivity index (χ0n) is 35.7. The van der Waals surface area contributed by atoms with Crippen LogP contribution in [0.2, 0.25) is 0 Å². The first kappa shape index (κ1) is 53.1. The molecule has 1 aromatic rings.